The maximum atomic E-state index is 13.7. The molecule has 1 N–H and O–H groups in total. The van der Waals surface area contributed by atoms with Crippen LogP contribution >= 0.6 is 12.2 Å². The number of hydrogen-bond acceptors (Lipinski definition) is 4. The number of para-hydroxylation sites is 1. The van der Waals surface area contributed by atoms with Crippen LogP contribution < -0.4 is 19.7 Å². The van der Waals surface area contributed by atoms with Gasteiger partial charge in [-0.15, -0.1) is 0 Å². The van der Waals surface area contributed by atoms with Gasteiger partial charge in [-0.25, -0.2) is 8.78 Å². The van der Waals surface area contributed by atoms with Crippen molar-refractivity contribution in [1.82, 2.24) is 5.32 Å². The predicted octanol–water partition coefficient (Wildman–Crippen LogP) is 5.26. The number of benzene rings is 3. The van der Waals surface area contributed by atoms with Crippen LogP contribution in [0.3, 0.4) is 0 Å². The van der Waals surface area contributed by atoms with Crippen LogP contribution in [-0.4, -0.2) is 12.1 Å². The lowest BCUT2D eigenvalue weighted by Crippen LogP contribution is -2.49. The van der Waals surface area contributed by atoms with Gasteiger partial charge in [-0.3, -0.25) is 4.90 Å². The van der Waals surface area contributed by atoms with Crippen LogP contribution in [0.15, 0.2) is 78.2 Å². The van der Waals surface area contributed by atoms with Crippen molar-refractivity contribution in [2.75, 3.05) is 12.0 Å². The zero-order valence-electron chi connectivity index (χ0n) is 16.6. The minimum absolute atomic E-state index is 0.331. The van der Waals surface area contributed by atoms with Gasteiger partial charge in [0.2, 0.25) is 5.88 Å². The summed E-state index contributed by atoms with van der Waals surface area (Å²) >= 11 is 5.68. The van der Waals surface area contributed by atoms with E-state index in [-0.39, 0.29) is 11.6 Å². The molecule has 0 radical (unpaired) electrons. The normalized spacial score (nSPS) is 17.5. The molecule has 3 aromatic rings. The van der Waals surface area contributed by atoms with E-state index in [2.05, 4.69) is 5.32 Å². The molecule has 1 atom stereocenters. The summed E-state index contributed by atoms with van der Waals surface area (Å²) in [6, 6.07) is 18.0. The second kappa shape index (κ2) is 7.67. The quantitative estimate of drug-likeness (QED) is 0.567. The second-order valence-corrected chi connectivity index (χ2v) is 7.69. The summed E-state index contributed by atoms with van der Waals surface area (Å²) in [5.41, 5.74) is 3.27. The van der Waals surface area contributed by atoms with Gasteiger partial charge in [0.1, 0.15) is 22.8 Å². The number of ether oxygens (including phenoxy) is 2. The van der Waals surface area contributed by atoms with Crippen LogP contribution in [0.5, 0.6) is 11.5 Å². The summed E-state index contributed by atoms with van der Waals surface area (Å²) in [7, 11) is 1.59. The van der Waals surface area contributed by atoms with Crippen molar-refractivity contribution >= 4 is 22.9 Å². The summed E-state index contributed by atoms with van der Waals surface area (Å²) in [4.78, 5) is 2.46. The summed E-state index contributed by atoms with van der Waals surface area (Å²) in [6.07, 6.45) is 0.0928. The molecule has 0 aliphatic carbocycles. The predicted molar refractivity (Wildman–Crippen MR) is 118 cm³/mol. The van der Waals surface area contributed by atoms with E-state index < -0.39 is 6.17 Å². The lowest BCUT2D eigenvalue weighted by molar-refractivity contribution is 0.327. The van der Waals surface area contributed by atoms with Gasteiger partial charge in [0, 0.05) is 17.7 Å². The highest BCUT2D eigenvalue weighted by atomic mass is 32.1. The van der Waals surface area contributed by atoms with Crippen LogP contribution in [0.4, 0.5) is 14.5 Å². The maximum absolute atomic E-state index is 13.7. The molecule has 0 aromatic heterocycles. The van der Waals surface area contributed by atoms with Crippen LogP contribution in [0.25, 0.3) is 0 Å². The molecule has 5 rings (SSSR count). The van der Waals surface area contributed by atoms with E-state index in [1.807, 2.05) is 23.1 Å². The third-order valence-corrected chi connectivity index (χ3v) is 5.78. The molecule has 7 heteroatoms. The van der Waals surface area contributed by atoms with E-state index in [0.717, 1.165) is 16.7 Å². The van der Waals surface area contributed by atoms with Gasteiger partial charge in [-0.1, -0.05) is 36.5 Å². The first kappa shape index (κ1) is 19.5. The average molecular weight is 436 g/mol. The standard InChI is InChI=1S/C24H18F2N2O2S/c1-29-20-4-2-3-15-13-19-23(31)27-22(14-5-7-16(25)8-6-14)28(24(19)30-21(15)20)18-11-9-17(26)10-12-18/h2-12,22H,13H2,1H3,(H,27,31)/t22-/m0/s1. The summed E-state index contributed by atoms with van der Waals surface area (Å²) in [5, 5.41) is 3.35. The van der Waals surface area contributed by atoms with Crippen LogP contribution in [-0.2, 0) is 6.42 Å². The van der Waals surface area contributed by atoms with Gasteiger partial charge in [0.15, 0.2) is 11.5 Å². The molecule has 2 heterocycles. The summed E-state index contributed by atoms with van der Waals surface area (Å²) in [5.74, 6) is 1.11. The molecule has 0 amide bonds. The Kier molecular flexibility index (Phi) is 4.82. The molecule has 156 valence electrons. The van der Waals surface area contributed by atoms with Crippen molar-refractivity contribution in [2.24, 2.45) is 0 Å². The van der Waals surface area contributed by atoms with Crippen molar-refractivity contribution < 1.29 is 18.3 Å². The molecule has 31 heavy (non-hydrogen) atoms. The van der Waals surface area contributed by atoms with Gasteiger partial charge >= 0.3 is 0 Å². The first-order valence-electron chi connectivity index (χ1n) is 9.73. The largest absolute Gasteiger partial charge is 0.493 e. The lowest BCUT2D eigenvalue weighted by Gasteiger charge is -2.43. The summed E-state index contributed by atoms with van der Waals surface area (Å²) in [6.45, 7) is 0. The zero-order chi connectivity index (χ0) is 21.5. The summed E-state index contributed by atoms with van der Waals surface area (Å²) < 4.78 is 39.1. The molecule has 0 saturated heterocycles. The van der Waals surface area contributed by atoms with Crippen LogP contribution in [0.1, 0.15) is 17.3 Å². The number of fused-ring (bicyclic) bond motifs is 1. The fourth-order valence-corrected chi connectivity index (χ4v) is 4.18. The second-order valence-electron chi connectivity index (χ2n) is 7.29. The Morgan fingerprint density at radius 3 is 2.35 bits per heavy atom. The Hall–Kier alpha value is -3.45. The Balaban J connectivity index is 1.67. The molecule has 0 spiro atoms. The fraction of sp³-hybridized carbons (Fsp3) is 0.125. The minimum atomic E-state index is -0.464. The molecule has 0 saturated carbocycles. The van der Waals surface area contributed by atoms with E-state index in [4.69, 9.17) is 21.7 Å². The molecular formula is C24H18F2N2O2S. The fourth-order valence-electron chi connectivity index (χ4n) is 3.91. The van der Waals surface area contributed by atoms with E-state index in [1.165, 1.54) is 24.3 Å². The van der Waals surface area contributed by atoms with Crippen LogP contribution in [0.2, 0.25) is 0 Å². The Labute approximate surface area is 183 Å². The lowest BCUT2D eigenvalue weighted by atomic mass is 9.98. The molecule has 4 nitrogen and oxygen atoms in total. The molecule has 3 aromatic carbocycles. The number of nitrogens with zero attached hydrogens (tertiary/aromatic N) is 1. The average Bonchev–Trinajstić information content (AvgIpc) is 2.79. The SMILES string of the molecule is COc1cccc2c1OC1=C(C2)C(=S)N[C@H](c2ccc(F)cc2)N1c1ccc(F)cc1. The monoisotopic (exact) mass is 436 g/mol. The van der Waals surface area contributed by atoms with Crippen LogP contribution in [0, 0.1) is 11.6 Å². The Morgan fingerprint density at radius 2 is 1.68 bits per heavy atom. The van der Waals surface area contributed by atoms with E-state index in [9.17, 15) is 8.78 Å². The number of methoxy groups -OCH3 is 1. The van der Waals surface area contributed by atoms with Gasteiger partial charge < -0.3 is 14.8 Å². The first-order chi connectivity index (χ1) is 15.0. The number of anilines is 1. The number of hydrogen-bond donors (Lipinski definition) is 1. The topological polar surface area (TPSA) is 33.7 Å². The highest BCUT2D eigenvalue weighted by Gasteiger charge is 2.38. The van der Waals surface area contributed by atoms with Gasteiger partial charge in [-0.2, -0.15) is 0 Å². The third kappa shape index (κ3) is 3.41. The van der Waals surface area contributed by atoms with Crippen molar-refractivity contribution in [3.05, 3.63) is 101 Å². The highest BCUT2D eigenvalue weighted by Crippen LogP contribution is 2.44. The Bertz CT molecular complexity index is 1190. The first-order valence-corrected chi connectivity index (χ1v) is 10.1. The van der Waals surface area contributed by atoms with E-state index in [1.54, 1.807) is 31.4 Å². The molecular weight excluding hydrogens is 418 g/mol. The van der Waals surface area contributed by atoms with Crippen molar-refractivity contribution in [1.29, 1.82) is 0 Å². The number of rotatable bonds is 3. The van der Waals surface area contributed by atoms with Crippen molar-refractivity contribution in [3.63, 3.8) is 0 Å². The number of thiocarbonyl (C=S) groups is 1. The number of nitrogens with one attached hydrogen (secondary N) is 1. The maximum Gasteiger partial charge on any atom is 0.209 e. The molecule has 0 bridgehead atoms. The van der Waals surface area contributed by atoms with Gasteiger partial charge in [0.25, 0.3) is 0 Å². The zero-order valence-corrected chi connectivity index (χ0v) is 17.4. The van der Waals surface area contributed by atoms with Gasteiger partial charge in [0.05, 0.1) is 12.7 Å². The molecule has 0 fully saturated rings. The third-order valence-electron chi connectivity index (χ3n) is 5.41. The van der Waals surface area contributed by atoms with Crippen molar-refractivity contribution in [3.8, 4) is 11.5 Å². The molecule has 0 unspecified atom stereocenters. The number of halogens is 2. The molecule has 2 aliphatic heterocycles. The highest BCUT2D eigenvalue weighted by molar-refractivity contribution is 7.80. The van der Waals surface area contributed by atoms with Gasteiger partial charge in [-0.05, 0) is 48.0 Å². The van der Waals surface area contributed by atoms with E-state index in [0.29, 0.717) is 34.5 Å². The van der Waals surface area contributed by atoms with E-state index >= 15 is 0 Å². The Morgan fingerprint density at radius 1 is 1.00 bits per heavy atom. The minimum Gasteiger partial charge on any atom is -0.493 e. The smallest absolute Gasteiger partial charge is 0.209 e. The molecule has 2 aliphatic rings. The van der Waals surface area contributed by atoms with Crippen molar-refractivity contribution in [2.45, 2.75) is 12.6 Å².